The minimum absolute atomic E-state index is 0.00485. The number of carbonyl (C=O) groups excluding carboxylic acids is 2. The van der Waals surface area contributed by atoms with Crippen molar-refractivity contribution >= 4 is 17.6 Å². The maximum absolute atomic E-state index is 12.7. The molecule has 3 heterocycles. The van der Waals surface area contributed by atoms with E-state index in [-0.39, 0.29) is 25.0 Å². The number of hydrogen-bond donors (Lipinski definition) is 0. The van der Waals surface area contributed by atoms with Gasteiger partial charge in [-0.1, -0.05) is 30.3 Å². The number of benzene rings is 1. The lowest BCUT2D eigenvalue weighted by molar-refractivity contribution is -0.133. The van der Waals surface area contributed by atoms with Crippen LogP contribution in [0.15, 0.2) is 48.7 Å². The van der Waals surface area contributed by atoms with Crippen LogP contribution in [0.1, 0.15) is 5.56 Å². The number of aromatic nitrogens is 1. The Morgan fingerprint density at radius 1 is 1.04 bits per heavy atom. The van der Waals surface area contributed by atoms with Crippen molar-refractivity contribution in [1.29, 1.82) is 0 Å². The van der Waals surface area contributed by atoms with E-state index in [0.29, 0.717) is 24.7 Å². The Hall–Kier alpha value is -2.93. The quantitative estimate of drug-likeness (QED) is 0.812. The molecule has 140 valence electrons. The Labute approximate surface area is 158 Å². The van der Waals surface area contributed by atoms with Crippen molar-refractivity contribution in [2.75, 3.05) is 44.2 Å². The molecule has 7 nitrogen and oxygen atoms in total. The minimum Gasteiger partial charge on any atom is -0.480 e. The Bertz CT molecular complexity index is 819. The lowest BCUT2D eigenvalue weighted by atomic mass is 10.2. The topological polar surface area (TPSA) is 66.0 Å². The standard InChI is InChI=1S/C20H22N4O3/c25-18(14-24-19(26)15-27-17-7-4-8-21-20(17)24)23-11-9-22(10-12-23)13-16-5-2-1-3-6-16/h1-8H,9-15H2. The van der Waals surface area contributed by atoms with E-state index in [4.69, 9.17) is 4.74 Å². The average molecular weight is 366 g/mol. The van der Waals surface area contributed by atoms with E-state index in [2.05, 4.69) is 22.0 Å². The van der Waals surface area contributed by atoms with Crippen LogP contribution in [0.3, 0.4) is 0 Å². The number of rotatable bonds is 4. The molecule has 0 unspecified atom stereocenters. The fourth-order valence-electron chi connectivity index (χ4n) is 3.43. The van der Waals surface area contributed by atoms with E-state index in [9.17, 15) is 9.59 Å². The zero-order valence-electron chi connectivity index (χ0n) is 15.1. The van der Waals surface area contributed by atoms with Crippen LogP contribution in [0.4, 0.5) is 5.82 Å². The second-order valence-corrected chi connectivity index (χ2v) is 6.74. The maximum Gasteiger partial charge on any atom is 0.266 e. The number of fused-ring (bicyclic) bond motifs is 1. The molecule has 7 heteroatoms. The SMILES string of the molecule is O=C(CN1C(=O)COc2cccnc21)N1CCN(Cc2ccccc2)CC1. The summed E-state index contributed by atoms with van der Waals surface area (Å²) >= 11 is 0. The lowest BCUT2D eigenvalue weighted by Gasteiger charge is -2.36. The summed E-state index contributed by atoms with van der Waals surface area (Å²) in [7, 11) is 0. The molecule has 2 aromatic rings. The molecule has 1 fully saturated rings. The molecule has 2 amide bonds. The summed E-state index contributed by atoms with van der Waals surface area (Å²) in [5, 5.41) is 0. The van der Waals surface area contributed by atoms with Gasteiger partial charge in [-0.2, -0.15) is 0 Å². The highest BCUT2D eigenvalue weighted by Crippen LogP contribution is 2.28. The van der Waals surface area contributed by atoms with Gasteiger partial charge in [-0.05, 0) is 17.7 Å². The van der Waals surface area contributed by atoms with Gasteiger partial charge in [0.2, 0.25) is 5.91 Å². The summed E-state index contributed by atoms with van der Waals surface area (Å²) in [6.45, 7) is 3.82. The average Bonchev–Trinajstić information content (AvgIpc) is 2.71. The number of pyridine rings is 1. The molecule has 2 aliphatic heterocycles. The second-order valence-electron chi connectivity index (χ2n) is 6.74. The predicted octanol–water partition coefficient (Wildman–Crippen LogP) is 1.15. The molecule has 4 rings (SSSR count). The smallest absolute Gasteiger partial charge is 0.266 e. The Morgan fingerprint density at radius 3 is 2.59 bits per heavy atom. The van der Waals surface area contributed by atoms with Crippen molar-refractivity contribution in [2.45, 2.75) is 6.54 Å². The van der Waals surface area contributed by atoms with Gasteiger partial charge >= 0.3 is 0 Å². The van der Waals surface area contributed by atoms with E-state index in [0.717, 1.165) is 19.6 Å². The van der Waals surface area contributed by atoms with Crippen molar-refractivity contribution in [2.24, 2.45) is 0 Å². The molecule has 0 spiro atoms. The van der Waals surface area contributed by atoms with Crippen molar-refractivity contribution in [3.8, 4) is 5.75 Å². The number of ether oxygens (including phenoxy) is 1. The summed E-state index contributed by atoms with van der Waals surface area (Å²) in [4.78, 5) is 34.8. The first-order valence-electron chi connectivity index (χ1n) is 9.13. The van der Waals surface area contributed by atoms with E-state index in [1.165, 1.54) is 10.5 Å². The molecule has 2 aliphatic rings. The Kier molecular flexibility index (Phi) is 5.02. The molecule has 0 atom stereocenters. The molecule has 1 saturated heterocycles. The fourth-order valence-corrected chi connectivity index (χ4v) is 3.43. The van der Waals surface area contributed by atoms with Gasteiger partial charge < -0.3 is 9.64 Å². The predicted molar refractivity (Wildman–Crippen MR) is 100 cm³/mol. The number of carbonyl (C=O) groups is 2. The van der Waals surface area contributed by atoms with Crippen LogP contribution in [0, 0.1) is 0 Å². The summed E-state index contributed by atoms with van der Waals surface area (Å²) < 4.78 is 5.38. The molecule has 1 aromatic carbocycles. The number of anilines is 1. The number of amides is 2. The molecule has 1 aromatic heterocycles. The highest BCUT2D eigenvalue weighted by atomic mass is 16.5. The number of nitrogens with zero attached hydrogens (tertiary/aromatic N) is 4. The Balaban J connectivity index is 1.34. The third-order valence-electron chi connectivity index (χ3n) is 4.93. The van der Waals surface area contributed by atoms with Gasteiger partial charge in [-0.25, -0.2) is 4.98 Å². The van der Waals surface area contributed by atoms with E-state index in [1.54, 1.807) is 18.3 Å². The zero-order valence-corrected chi connectivity index (χ0v) is 15.1. The van der Waals surface area contributed by atoms with Crippen molar-refractivity contribution in [1.82, 2.24) is 14.8 Å². The number of hydrogen-bond acceptors (Lipinski definition) is 5. The molecule has 0 aliphatic carbocycles. The minimum atomic E-state index is -0.239. The van der Waals surface area contributed by atoms with Gasteiger partial charge in [0.15, 0.2) is 18.2 Å². The van der Waals surface area contributed by atoms with Crippen LogP contribution in [0.25, 0.3) is 0 Å². The van der Waals surface area contributed by atoms with Crippen LogP contribution in [0.2, 0.25) is 0 Å². The van der Waals surface area contributed by atoms with Gasteiger partial charge in [0.1, 0.15) is 6.54 Å². The highest BCUT2D eigenvalue weighted by molar-refractivity contribution is 6.01. The monoisotopic (exact) mass is 366 g/mol. The third-order valence-corrected chi connectivity index (χ3v) is 4.93. The molecular formula is C20H22N4O3. The molecule has 0 radical (unpaired) electrons. The normalized spacial score (nSPS) is 17.4. The van der Waals surface area contributed by atoms with Gasteiger partial charge in [0.05, 0.1) is 0 Å². The maximum atomic E-state index is 12.7. The number of piperazine rings is 1. The van der Waals surface area contributed by atoms with E-state index in [1.807, 2.05) is 23.1 Å². The van der Waals surface area contributed by atoms with Crippen LogP contribution in [-0.4, -0.2) is 65.9 Å². The van der Waals surface area contributed by atoms with E-state index >= 15 is 0 Å². The van der Waals surface area contributed by atoms with Crippen LogP contribution in [-0.2, 0) is 16.1 Å². The van der Waals surface area contributed by atoms with Crippen molar-refractivity contribution < 1.29 is 14.3 Å². The zero-order chi connectivity index (χ0) is 18.6. The fraction of sp³-hybridized carbons (Fsp3) is 0.350. The van der Waals surface area contributed by atoms with Crippen molar-refractivity contribution in [3.05, 3.63) is 54.2 Å². The van der Waals surface area contributed by atoms with Gasteiger partial charge in [0, 0.05) is 38.9 Å². The largest absolute Gasteiger partial charge is 0.480 e. The summed E-state index contributed by atoms with van der Waals surface area (Å²) in [6, 6.07) is 13.8. The molecule has 0 saturated carbocycles. The Morgan fingerprint density at radius 2 is 1.81 bits per heavy atom. The van der Waals surface area contributed by atoms with E-state index < -0.39 is 0 Å². The van der Waals surface area contributed by atoms with Gasteiger partial charge in [-0.15, -0.1) is 0 Å². The van der Waals surface area contributed by atoms with Gasteiger partial charge in [0.25, 0.3) is 5.91 Å². The molecular weight excluding hydrogens is 344 g/mol. The first kappa shape index (κ1) is 17.5. The molecule has 0 bridgehead atoms. The first-order chi connectivity index (χ1) is 13.2. The van der Waals surface area contributed by atoms with Gasteiger partial charge in [-0.3, -0.25) is 19.4 Å². The van der Waals surface area contributed by atoms with Crippen LogP contribution < -0.4 is 9.64 Å². The highest BCUT2D eigenvalue weighted by Gasteiger charge is 2.30. The second kappa shape index (κ2) is 7.75. The summed E-state index contributed by atoms with van der Waals surface area (Å²) in [6.07, 6.45) is 1.60. The van der Waals surface area contributed by atoms with Crippen LogP contribution in [0.5, 0.6) is 5.75 Å². The van der Waals surface area contributed by atoms with Crippen molar-refractivity contribution in [3.63, 3.8) is 0 Å². The molecule has 27 heavy (non-hydrogen) atoms. The molecule has 0 N–H and O–H groups in total. The lowest BCUT2D eigenvalue weighted by Crippen LogP contribution is -2.52. The summed E-state index contributed by atoms with van der Waals surface area (Å²) in [5.41, 5.74) is 1.28. The third kappa shape index (κ3) is 3.93. The summed E-state index contributed by atoms with van der Waals surface area (Å²) in [5.74, 6) is 0.667. The van der Waals surface area contributed by atoms with Crippen LogP contribution >= 0.6 is 0 Å². The first-order valence-corrected chi connectivity index (χ1v) is 9.13.